The molecule has 5 aliphatic rings. The molecular formula is C115H104N12O18. The van der Waals surface area contributed by atoms with E-state index >= 15 is 0 Å². The molecule has 0 radical (unpaired) electrons. The van der Waals surface area contributed by atoms with Gasteiger partial charge in [0.2, 0.25) is 24.3 Å². The number of imide groups is 10. The Labute approximate surface area is 838 Å². The van der Waals surface area contributed by atoms with Crippen LogP contribution in [0.1, 0.15) is 113 Å². The van der Waals surface area contributed by atoms with Crippen molar-refractivity contribution < 1.29 is 86.2 Å². The molecule has 30 heteroatoms. The molecule has 5 saturated heterocycles. The van der Waals surface area contributed by atoms with Crippen LogP contribution in [-0.2, 0) is 100 Å². The van der Waals surface area contributed by atoms with Crippen LogP contribution in [0.15, 0.2) is 364 Å². The van der Waals surface area contributed by atoms with E-state index in [0.29, 0.717) is 39.7 Å². The van der Waals surface area contributed by atoms with Crippen molar-refractivity contribution in [1.82, 2.24) is 20.0 Å². The second-order valence-electron chi connectivity index (χ2n) is 35.3. The van der Waals surface area contributed by atoms with E-state index in [9.17, 15) is 81.5 Å². The predicted octanol–water partition coefficient (Wildman–Crippen LogP) is 18.8. The summed E-state index contributed by atoms with van der Waals surface area (Å²) < 4.78 is 4.88. The molecule has 0 spiro atoms. The van der Waals surface area contributed by atoms with Gasteiger partial charge in [-0.15, -0.1) is 0 Å². The zero-order valence-electron chi connectivity index (χ0n) is 80.3. The number of carbonyl (C=O) groups is 17. The summed E-state index contributed by atoms with van der Waals surface area (Å²) in [5.74, 6) is -6.69. The molecule has 20 amide bonds. The topological polar surface area (TPSA) is 369 Å². The Hall–Kier alpha value is -18.2. The van der Waals surface area contributed by atoms with Gasteiger partial charge in [0.1, 0.15) is 27.4 Å². The molecule has 1 N–H and O–H groups in total. The van der Waals surface area contributed by atoms with Crippen molar-refractivity contribution >= 4 is 135 Å². The average molecular weight is 1940 g/mol. The number of para-hydroxylation sites is 6. The number of anilines is 6. The van der Waals surface area contributed by atoms with E-state index in [1.165, 1.54) is 11.8 Å². The molecule has 0 saturated carbocycles. The van der Waals surface area contributed by atoms with Crippen LogP contribution in [0.3, 0.4) is 0 Å². The summed E-state index contributed by atoms with van der Waals surface area (Å²) in [6, 6.07) is 105. The standard InChI is InChI=1S/C25H22N2O3.2C24H20N2O3.C23H20N4O3.C19H22N2O6/c1-25(17-19-11-5-2-6-12-19)22(28)26(18-20-13-7-3-8-14-20)24(30)27(23(25)29)21-15-9-4-10-16-21;1-24(19-13-7-3-8-14-19)21(27)25(17-18-11-5-2-6-12-18)23(29)26(22(24)28)20-15-9-4-10-16-20;1-24(17-18-11-5-2-6-12-18)21(27)25(19-13-7-3-8-14-19)23(29)26(22(24)28)20-15-9-4-10-16-20;1-25-16-14-23(13-8-15-24)20(28)26(17-18-9-4-2-5-10-18)22(30)27(21(23)29)19-11-6-3-7-12-19;1-3-27-15(23)10-12-19(11-9-13(2)22)16(24)20-18(26)21(17(19)25)14-7-5-4-6-8-14/h2-16H,17-18H2,1H3;2*2-16H,17H2,1H3;2-7,9-12H,8,13-14,16-17H2;4-8H,3,9-12H2,1-2H3,(H,20,24,26). The minimum atomic E-state index is -1.69. The molecule has 17 rings (SSSR count). The Morgan fingerprint density at radius 1 is 0.331 bits per heavy atom. The number of nitrogens with one attached hydrogen (secondary N) is 1. The van der Waals surface area contributed by atoms with Gasteiger partial charge in [0.05, 0.1) is 66.4 Å². The van der Waals surface area contributed by atoms with E-state index in [-0.39, 0.29) is 96.4 Å². The summed E-state index contributed by atoms with van der Waals surface area (Å²) in [7, 11) is 0. The second kappa shape index (κ2) is 47.2. The number of nitriles is 1. The number of urea groups is 5. The lowest BCUT2D eigenvalue weighted by Crippen LogP contribution is -2.66. The van der Waals surface area contributed by atoms with Gasteiger partial charge in [-0.2, -0.15) is 5.26 Å². The van der Waals surface area contributed by atoms with Crippen molar-refractivity contribution in [2.75, 3.05) is 42.6 Å². The number of benzene rings is 12. The third kappa shape index (κ3) is 22.8. The maximum Gasteiger partial charge on any atom is 0.342 e. The highest BCUT2D eigenvalue weighted by molar-refractivity contribution is 6.39. The molecular weight excluding hydrogens is 1840 g/mol. The molecule has 12 aromatic carbocycles. The van der Waals surface area contributed by atoms with E-state index in [4.69, 9.17) is 16.6 Å². The Bertz CT molecular complexity index is 6730. The quantitative estimate of drug-likeness (QED) is 0.0270. The van der Waals surface area contributed by atoms with Gasteiger partial charge >= 0.3 is 36.1 Å². The van der Waals surface area contributed by atoms with Gasteiger partial charge in [0.25, 0.3) is 41.4 Å². The van der Waals surface area contributed by atoms with Gasteiger partial charge in [0, 0.05) is 25.7 Å². The van der Waals surface area contributed by atoms with E-state index in [1.807, 2.05) is 164 Å². The highest BCUT2D eigenvalue weighted by Gasteiger charge is 2.61. The summed E-state index contributed by atoms with van der Waals surface area (Å²) >= 11 is 0. The van der Waals surface area contributed by atoms with Crippen LogP contribution in [0.4, 0.5) is 58.1 Å². The first-order valence-corrected chi connectivity index (χ1v) is 46.9. The maximum atomic E-state index is 13.5. The van der Waals surface area contributed by atoms with Crippen molar-refractivity contribution in [2.24, 2.45) is 21.7 Å². The zero-order valence-corrected chi connectivity index (χ0v) is 80.3. The molecule has 732 valence electrons. The van der Waals surface area contributed by atoms with Gasteiger partial charge in [-0.25, -0.2) is 59.9 Å². The highest BCUT2D eigenvalue weighted by atomic mass is 16.5. The number of ketones is 1. The molecule has 0 bridgehead atoms. The molecule has 145 heavy (non-hydrogen) atoms. The van der Waals surface area contributed by atoms with Gasteiger partial charge in [-0.05, 0) is 173 Å². The number of ether oxygens (including phenoxy) is 1. The summed E-state index contributed by atoms with van der Waals surface area (Å²) in [6.07, 6.45) is -0.162. The largest absolute Gasteiger partial charge is 0.466 e. The van der Waals surface area contributed by atoms with Crippen molar-refractivity contribution in [1.29, 1.82) is 5.26 Å². The van der Waals surface area contributed by atoms with Gasteiger partial charge in [-0.1, -0.05) is 291 Å². The first-order chi connectivity index (χ1) is 69.9. The Kier molecular flexibility index (Phi) is 33.9. The third-order valence-corrected chi connectivity index (χ3v) is 25.5. The molecule has 5 aliphatic heterocycles. The Balaban J connectivity index is 0.000000152. The first kappa shape index (κ1) is 104. The fourth-order valence-corrected chi connectivity index (χ4v) is 17.7. The third-order valence-electron chi connectivity index (χ3n) is 25.5. The normalized spacial score (nSPS) is 18.7. The van der Waals surface area contributed by atoms with E-state index in [1.54, 1.807) is 234 Å². The monoisotopic (exact) mass is 1940 g/mol. The molecule has 5 heterocycles. The fourth-order valence-electron chi connectivity index (χ4n) is 17.7. The van der Waals surface area contributed by atoms with Crippen LogP contribution < -0.4 is 34.7 Å². The van der Waals surface area contributed by atoms with E-state index in [2.05, 4.69) is 10.2 Å². The van der Waals surface area contributed by atoms with Crippen LogP contribution in [0.5, 0.6) is 0 Å². The number of nitrogens with zero attached hydrogens (tertiary/aromatic N) is 11. The Morgan fingerprint density at radius 2 is 0.621 bits per heavy atom. The molecule has 5 fully saturated rings. The summed E-state index contributed by atoms with van der Waals surface area (Å²) in [5.41, 5.74) is -0.549. The minimum absolute atomic E-state index is 0.00143. The number of carbonyl (C=O) groups excluding carboxylic acids is 17. The molecule has 0 aliphatic carbocycles. The van der Waals surface area contributed by atoms with Crippen molar-refractivity contribution in [3.05, 3.63) is 409 Å². The first-order valence-electron chi connectivity index (χ1n) is 46.9. The molecule has 4 unspecified atom stereocenters. The lowest BCUT2D eigenvalue weighted by Gasteiger charge is -2.43. The maximum absolute atomic E-state index is 13.5. The van der Waals surface area contributed by atoms with E-state index in [0.717, 1.165) is 67.0 Å². The van der Waals surface area contributed by atoms with Gasteiger partial charge in [0.15, 0.2) is 5.41 Å². The molecule has 0 aromatic heterocycles. The number of barbiturate groups is 5. The number of esters is 1. The molecule has 12 aromatic rings. The second-order valence-corrected chi connectivity index (χ2v) is 35.3. The fraction of sp³-hybridized carbons (Fsp3) is 0.209. The molecule has 4 atom stereocenters. The van der Waals surface area contributed by atoms with Crippen molar-refractivity contribution in [3.63, 3.8) is 0 Å². The Morgan fingerprint density at radius 3 is 0.966 bits per heavy atom. The summed E-state index contributed by atoms with van der Waals surface area (Å²) in [4.78, 5) is 236. The van der Waals surface area contributed by atoms with E-state index < -0.39 is 122 Å². The average Bonchev–Trinajstić information content (AvgIpc) is 0.735. The van der Waals surface area contributed by atoms with Crippen LogP contribution >= 0.6 is 0 Å². The van der Waals surface area contributed by atoms with Crippen molar-refractivity contribution in [3.8, 4) is 6.07 Å². The van der Waals surface area contributed by atoms with Gasteiger partial charge < -0.3 is 14.4 Å². The number of Topliss-reactive ketones (excluding diaryl/α,β-unsaturated/α-hetero) is 1. The molecule has 30 nitrogen and oxygen atoms in total. The van der Waals surface area contributed by atoms with Crippen molar-refractivity contribution in [2.45, 2.75) is 117 Å². The van der Waals surface area contributed by atoms with Crippen LogP contribution in [0, 0.1) is 39.6 Å². The van der Waals surface area contributed by atoms with Gasteiger partial charge in [-0.3, -0.25) is 72.8 Å². The zero-order chi connectivity index (χ0) is 104. The lowest BCUT2D eigenvalue weighted by atomic mass is 9.75. The number of hydrogen-bond donors (Lipinski definition) is 1. The number of amides is 20. The lowest BCUT2D eigenvalue weighted by molar-refractivity contribution is -0.152. The summed E-state index contributed by atoms with van der Waals surface area (Å²) in [6.45, 7) is 15.3. The smallest absolute Gasteiger partial charge is 0.342 e. The summed E-state index contributed by atoms with van der Waals surface area (Å²) in [5, 5.41) is 11.3. The van der Waals surface area contributed by atoms with Crippen LogP contribution in [0.25, 0.3) is 4.85 Å². The SMILES string of the molecule is CC1(Cc2ccccc2)C(=O)N(Cc2ccccc2)C(=O)N(c2ccccc2)C1=O.CC1(Cc2ccccc2)C(=O)N(c2ccccc2)C(=O)N(c2ccccc2)C1=O.CC1(c2ccccc2)C(=O)N(Cc2ccccc2)C(=O)N(c2ccccc2)C1=O.CCOC(=O)CCC1(CCC(C)=O)C(=O)NC(=O)N(c2ccccc2)C1=O.[C-]#[N+]CCC1(CCC#N)C(=O)N(Cc2ccccc2)C(=O)N(c2ccccc2)C1=O. The van der Waals surface area contributed by atoms with Crippen LogP contribution in [0.2, 0.25) is 0 Å². The highest BCUT2D eigenvalue weighted by Crippen LogP contribution is 2.45. The number of hydrogen-bond acceptors (Lipinski definition) is 19. The minimum Gasteiger partial charge on any atom is -0.466 e. The predicted molar refractivity (Wildman–Crippen MR) is 542 cm³/mol. The van der Waals surface area contributed by atoms with Crippen LogP contribution in [-0.4, -0.2) is 129 Å². The number of rotatable bonds is 28.